The highest BCUT2D eigenvalue weighted by atomic mass is 16.6. The lowest BCUT2D eigenvalue weighted by atomic mass is 9.85. The Bertz CT molecular complexity index is 553. The molecule has 0 radical (unpaired) electrons. The van der Waals surface area contributed by atoms with Crippen LogP contribution in [0, 0.1) is 0 Å². The summed E-state index contributed by atoms with van der Waals surface area (Å²) in [6.45, 7) is 3.17. The summed E-state index contributed by atoms with van der Waals surface area (Å²) in [4.78, 5) is 2.28. The van der Waals surface area contributed by atoms with Crippen LogP contribution in [-0.2, 0) is 0 Å². The molecule has 3 aliphatic rings. The third-order valence-corrected chi connectivity index (χ3v) is 4.75. The molecule has 1 spiro atoms. The van der Waals surface area contributed by atoms with E-state index in [0.717, 1.165) is 43.2 Å². The Morgan fingerprint density at radius 1 is 1.14 bits per heavy atom. The molecular weight excluding hydrogens is 268 g/mol. The molecule has 5 nitrogen and oxygen atoms in total. The Morgan fingerprint density at radius 2 is 1.90 bits per heavy atom. The van der Waals surface area contributed by atoms with Gasteiger partial charge in [0.15, 0.2) is 11.5 Å². The minimum atomic E-state index is -0.0777. The average Bonchev–Trinajstić information content (AvgIpc) is 2.92. The lowest BCUT2D eigenvalue weighted by Crippen LogP contribution is -2.45. The lowest BCUT2D eigenvalue weighted by molar-refractivity contribution is 0.0278. The number of nitrogens with zero attached hydrogens (tertiary/aromatic N) is 1. The van der Waals surface area contributed by atoms with E-state index in [1.54, 1.807) is 0 Å². The van der Waals surface area contributed by atoms with Crippen molar-refractivity contribution in [3.05, 3.63) is 17.7 Å². The van der Waals surface area contributed by atoms with E-state index < -0.39 is 0 Å². The van der Waals surface area contributed by atoms with Crippen molar-refractivity contribution < 1.29 is 14.2 Å². The van der Waals surface area contributed by atoms with Crippen LogP contribution in [0.15, 0.2) is 12.1 Å². The smallest absolute Gasteiger partial charge is 0.165 e. The van der Waals surface area contributed by atoms with Gasteiger partial charge in [0.25, 0.3) is 0 Å². The molecule has 1 aromatic rings. The van der Waals surface area contributed by atoms with Gasteiger partial charge in [-0.25, -0.2) is 0 Å². The summed E-state index contributed by atoms with van der Waals surface area (Å²) in [5.74, 6) is 2.60. The maximum atomic E-state index is 6.40. The Balaban J connectivity index is 1.78. The highest BCUT2D eigenvalue weighted by Crippen LogP contribution is 2.48. The second-order valence-electron chi connectivity index (χ2n) is 6.43. The molecule has 5 heteroatoms. The van der Waals surface area contributed by atoms with Crippen molar-refractivity contribution in [1.29, 1.82) is 0 Å². The predicted octanol–water partition coefficient (Wildman–Crippen LogP) is 1.58. The number of benzene rings is 1. The van der Waals surface area contributed by atoms with Gasteiger partial charge in [0, 0.05) is 37.1 Å². The molecule has 4 rings (SSSR count). The van der Waals surface area contributed by atoms with Crippen LogP contribution in [0.3, 0.4) is 0 Å². The summed E-state index contributed by atoms with van der Waals surface area (Å²) in [6, 6.07) is 4.47. The van der Waals surface area contributed by atoms with E-state index in [4.69, 9.17) is 14.2 Å². The van der Waals surface area contributed by atoms with Crippen LogP contribution >= 0.6 is 0 Å². The lowest BCUT2D eigenvalue weighted by Gasteiger charge is -2.42. The van der Waals surface area contributed by atoms with E-state index in [9.17, 15) is 0 Å². The van der Waals surface area contributed by atoms with Crippen LogP contribution in [0.5, 0.6) is 17.2 Å². The average molecular weight is 290 g/mol. The van der Waals surface area contributed by atoms with E-state index >= 15 is 0 Å². The molecule has 3 heterocycles. The summed E-state index contributed by atoms with van der Waals surface area (Å²) >= 11 is 0. The Labute approximate surface area is 125 Å². The van der Waals surface area contributed by atoms with Gasteiger partial charge < -0.3 is 24.4 Å². The molecule has 0 bridgehead atoms. The normalized spacial score (nSPS) is 30.3. The van der Waals surface area contributed by atoms with Crippen LogP contribution in [0.1, 0.15) is 24.4 Å². The van der Waals surface area contributed by atoms with Gasteiger partial charge in [0.05, 0.1) is 0 Å². The molecule has 1 fully saturated rings. The second-order valence-corrected chi connectivity index (χ2v) is 6.43. The summed E-state index contributed by atoms with van der Waals surface area (Å²) in [5, 5.41) is 3.44. The Morgan fingerprint density at radius 3 is 2.57 bits per heavy atom. The Kier molecular flexibility index (Phi) is 3.01. The standard InChI is InChI=1S/C16H22N2O3/c1-18(2)12-9-16(3-4-17-10-16)21-13-8-15-14(7-11(12)13)19-5-6-20-15/h7-8,12,17H,3-6,9-10H2,1-2H3. The zero-order chi connectivity index (χ0) is 14.4. The molecule has 3 aliphatic heterocycles. The fourth-order valence-electron chi connectivity index (χ4n) is 3.61. The van der Waals surface area contributed by atoms with E-state index in [2.05, 4.69) is 30.4 Å². The van der Waals surface area contributed by atoms with Crippen molar-refractivity contribution in [2.45, 2.75) is 24.5 Å². The number of fused-ring (bicyclic) bond motifs is 2. The van der Waals surface area contributed by atoms with E-state index in [1.807, 2.05) is 6.07 Å². The third-order valence-electron chi connectivity index (χ3n) is 4.75. The minimum absolute atomic E-state index is 0.0777. The van der Waals surface area contributed by atoms with Crippen molar-refractivity contribution >= 4 is 0 Å². The first-order valence-electron chi connectivity index (χ1n) is 7.67. The van der Waals surface area contributed by atoms with Gasteiger partial charge >= 0.3 is 0 Å². The third kappa shape index (κ3) is 2.15. The highest BCUT2D eigenvalue weighted by molar-refractivity contribution is 5.53. The zero-order valence-corrected chi connectivity index (χ0v) is 12.6. The Hall–Kier alpha value is -1.46. The first kappa shape index (κ1) is 13.2. The molecule has 0 saturated carbocycles. The van der Waals surface area contributed by atoms with Gasteiger partial charge in [-0.05, 0) is 26.7 Å². The van der Waals surface area contributed by atoms with Gasteiger partial charge in [-0.3, -0.25) is 0 Å². The number of rotatable bonds is 1. The maximum Gasteiger partial charge on any atom is 0.165 e. The summed E-state index contributed by atoms with van der Waals surface area (Å²) < 4.78 is 17.8. The topological polar surface area (TPSA) is 43.0 Å². The van der Waals surface area contributed by atoms with Crippen molar-refractivity contribution in [3.8, 4) is 17.2 Å². The molecule has 1 aromatic carbocycles. The van der Waals surface area contributed by atoms with Crippen molar-refractivity contribution in [2.75, 3.05) is 40.4 Å². The second kappa shape index (κ2) is 4.78. The molecular formula is C16H22N2O3. The van der Waals surface area contributed by atoms with Crippen molar-refractivity contribution in [2.24, 2.45) is 0 Å². The predicted molar refractivity (Wildman–Crippen MR) is 79.3 cm³/mol. The van der Waals surface area contributed by atoms with Gasteiger partial charge in [0.1, 0.15) is 24.6 Å². The fraction of sp³-hybridized carbons (Fsp3) is 0.625. The van der Waals surface area contributed by atoms with E-state index in [1.165, 1.54) is 5.56 Å². The monoisotopic (exact) mass is 290 g/mol. The molecule has 2 unspecified atom stereocenters. The summed E-state index contributed by atoms with van der Waals surface area (Å²) in [7, 11) is 4.26. The first-order chi connectivity index (χ1) is 10.2. The maximum absolute atomic E-state index is 6.40. The molecule has 0 aromatic heterocycles. The van der Waals surface area contributed by atoms with Crippen LogP contribution in [0.2, 0.25) is 0 Å². The summed E-state index contributed by atoms with van der Waals surface area (Å²) in [5.41, 5.74) is 1.13. The highest BCUT2D eigenvalue weighted by Gasteiger charge is 2.44. The number of hydrogen-bond acceptors (Lipinski definition) is 5. The minimum Gasteiger partial charge on any atom is -0.486 e. The molecule has 21 heavy (non-hydrogen) atoms. The van der Waals surface area contributed by atoms with Crippen molar-refractivity contribution in [1.82, 2.24) is 10.2 Å². The van der Waals surface area contributed by atoms with Crippen LogP contribution in [0.4, 0.5) is 0 Å². The largest absolute Gasteiger partial charge is 0.486 e. The number of hydrogen-bond donors (Lipinski definition) is 1. The van der Waals surface area contributed by atoms with Crippen LogP contribution < -0.4 is 19.5 Å². The van der Waals surface area contributed by atoms with Gasteiger partial charge in [-0.1, -0.05) is 0 Å². The van der Waals surface area contributed by atoms with E-state index in [0.29, 0.717) is 19.3 Å². The number of nitrogens with one attached hydrogen (secondary N) is 1. The van der Waals surface area contributed by atoms with Crippen LogP contribution in [0.25, 0.3) is 0 Å². The summed E-state index contributed by atoms with van der Waals surface area (Å²) in [6.07, 6.45) is 2.07. The molecule has 2 atom stereocenters. The zero-order valence-electron chi connectivity index (χ0n) is 12.6. The number of ether oxygens (including phenoxy) is 3. The van der Waals surface area contributed by atoms with Gasteiger partial charge in [-0.15, -0.1) is 0 Å². The van der Waals surface area contributed by atoms with Gasteiger partial charge in [-0.2, -0.15) is 0 Å². The molecule has 0 amide bonds. The fourth-order valence-corrected chi connectivity index (χ4v) is 3.61. The van der Waals surface area contributed by atoms with E-state index in [-0.39, 0.29) is 5.60 Å². The molecule has 1 N–H and O–H groups in total. The molecule has 0 aliphatic carbocycles. The van der Waals surface area contributed by atoms with Crippen LogP contribution in [-0.4, -0.2) is 50.9 Å². The van der Waals surface area contributed by atoms with Gasteiger partial charge in [0.2, 0.25) is 0 Å². The van der Waals surface area contributed by atoms with Crippen molar-refractivity contribution in [3.63, 3.8) is 0 Å². The SMILES string of the molecule is CN(C)C1CC2(CCNC2)Oc2cc3c(cc21)OCCO3. The first-order valence-corrected chi connectivity index (χ1v) is 7.67. The quantitative estimate of drug-likeness (QED) is 0.850. The molecule has 1 saturated heterocycles. The molecule has 114 valence electrons.